The Hall–Kier alpha value is -3.03. The topological polar surface area (TPSA) is 74.5 Å². The summed E-state index contributed by atoms with van der Waals surface area (Å²) in [4.78, 5) is 22.3. The van der Waals surface area contributed by atoms with Gasteiger partial charge in [-0.05, 0) is 69.4 Å². The van der Waals surface area contributed by atoms with Crippen molar-refractivity contribution in [2.45, 2.75) is 52.2 Å². The minimum Gasteiger partial charge on any atom is -0.352 e. The second-order valence-corrected chi connectivity index (χ2v) is 9.98. The molecule has 7 heteroatoms. The zero-order valence-corrected chi connectivity index (χ0v) is 20.6. The molecule has 5 rings (SSSR count). The smallest absolute Gasteiger partial charge is 0.241 e. The lowest BCUT2D eigenvalue weighted by molar-refractivity contribution is -0.127. The van der Waals surface area contributed by atoms with Crippen molar-refractivity contribution < 1.29 is 9.32 Å². The van der Waals surface area contributed by atoms with Gasteiger partial charge < -0.3 is 9.84 Å². The summed E-state index contributed by atoms with van der Waals surface area (Å²) in [7, 11) is 0. The number of rotatable bonds is 8. The molecule has 2 aliphatic heterocycles. The Kier molecular flexibility index (Phi) is 7.54. The summed E-state index contributed by atoms with van der Waals surface area (Å²) in [5, 5.41) is 7.33. The van der Waals surface area contributed by atoms with Crippen molar-refractivity contribution in [2.75, 3.05) is 26.2 Å². The van der Waals surface area contributed by atoms with Crippen LogP contribution in [0.15, 0.2) is 53.1 Å². The van der Waals surface area contributed by atoms with Crippen molar-refractivity contribution in [1.29, 1.82) is 0 Å². The lowest BCUT2D eigenvalue weighted by atomic mass is 9.97. The monoisotopic (exact) mass is 473 g/mol. The van der Waals surface area contributed by atoms with Crippen molar-refractivity contribution in [3.63, 3.8) is 0 Å². The van der Waals surface area contributed by atoms with Crippen LogP contribution in [0.1, 0.15) is 48.3 Å². The van der Waals surface area contributed by atoms with Crippen molar-refractivity contribution in [1.82, 2.24) is 25.3 Å². The molecule has 3 aromatic rings. The van der Waals surface area contributed by atoms with E-state index in [2.05, 4.69) is 68.6 Å². The van der Waals surface area contributed by atoms with Gasteiger partial charge in [0.2, 0.25) is 17.6 Å². The van der Waals surface area contributed by atoms with Crippen molar-refractivity contribution in [2.24, 2.45) is 5.92 Å². The molecule has 184 valence electrons. The van der Waals surface area contributed by atoms with Gasteiger partial charge >= 0.3 is 0 Å². The summed E-state index contributed by atoms with van der Waals surface area (Å²) in [6.07, 6.45) is 4.50. The summed E-state index contributed by atoms with van der Waals surface area (Å²) in [6, 6.07) is 16.7. The largest absolute Gasteiger partial charge is 0.352 e. The van der Waals surface area contributed by atoms with Crippen molar-refractivity contribution >= 4 is 5.91 Å². The van der Waals surface area contributed by atoms with Crippen LogP contribution in [0.25, 0.3) is 11.4 Å². The van der Waals surface area contributed by atoms with Crippen LogP contribution in [-0.2, 0) is 24.4 Å². The third kappa shape index (κ3) is 6.35. The number of aryl methyl sites for hydroxylation is 1. The molecule has 2 saturated heterocycles. The van der Waals surface area contributed by atoms with E-state index in [0.29, 0.717) is 31.3 Å². The number of benzene rings is 2. The summed E-state index contributed by atoms with van der Waals surface area (Å²) in [6.45, 7) is 8.22. The zero-order valence-electron chi connectivity index (χ0n) is 20.6. The average molecular weight is 474 g/mol. The maximum absolute atomic E-state index is 13.0. The predicted octanol–water partition coefficient (Wildman–Crippen LogP) is 4.17. The number of amides is 1. The van der Waals surface area contributed by atoms with Crippen LogP contribution in [0, 0.1) is 12.8 Å². The van der Waals surface area contributed by atoms with Gasteiger partial charge in [0.05, 0.1) is 12.5 Å². The van der Waals surface area contributed by atoms with E-state index in [0.717, 1.165) is 42.6 Å². The molecule has 0 spiro atoms. The second-order valence-electron chi connectivity index (χ2n) is 9.98. The minimum absolute atomic E-state index is 0.0179. The van der Waals surface area contributed by atoms with E-state index in [1.807, 2.05) is 12.1 Å². The van der Waals surface area contributed by atoms with Gasteiger partial charge in [-0.1, -0.05) is 53.2 Å². The van der Waals surface area contributed by atoms with E-state index in [1.54, 1.807) is 0 Å². The van der Waals surface area contributed by atoms with Crippen LogP contribution in [0.3, 0.4) is 0 Å². The standard InChI is InChI=1S/C28H35N5O2/c1-21-7-4-10-24(15-21)27-30-26(35-31-27)20-33-14-6-11-25(19-33)28(34)29-17-22-8-5-9-23(16-22)18-32-12-2-3-13-32/h4-5,7-10,15-16,25H,2-3,6,11-14,17-20H2,1H3,(H,29,34). The van der Waals surface area contributed by atoms with Gasteiger partial charge in [0, 0.05) is 25.2 Å². The van der Waals surface area contributed by atoms with Gasteiger partial charge in [-0.2, -0.15) is 4.98 Å². The van der Waals surface area contributed by atoms with E-state index in [4.69, 9.17) is 4.52 Å². The van der Waals surface area contributed by atoms with E-state index >= 15 is 0 Å². The van der Waals surface area contributed by atoms with Crippen LogP contribution in [0.2, 0.25) is 0 Å². The van der Waals surface area contributed by atoms with Gasteiger partial charge in [-0.3, -0.25) is 14.6 Å². The lowest BCUT2D eigenvalue weighted by Crippen LogP contribution is -2.42. The average Bonchev–Trinajstić information content (AvgIpc) is 3.55. The molecule has 1 atom stereocenters. The molecule has 2 aliphatic rings. The molecule has 0 radical (unpaired) electrons. The number of nitrogens with one attached hydrogen (secondary N) is 1. The molecule has 35 heavy (non-hydrogen) atoms. The predicted molar refractivity (Wildman–Crippen MR) is 135 cm³/mol. The van der Waals surface area contributed by atoms with Crippen LogP contribution >= 0.6 is 0 Å². The molecule has 3 heterocycles. The second kappa shape index (κ2) is 11.1. The minimum atomic E-state index is -0.0179. The molecule has 0 saturated carbocycles. The number of hydrogen-bond donors (Lipinski definition) is 1. The molecule has 1 amide bonds. The summed E-state index contributed by atoms with van der Waals surface area (Å²) in [5.74, 6) is 1.32. The van der Waals surface area contributed by atoms with Crippen LogP contribution in [0.5, 0.6) is 0 Å². The zero-order chi connectivity index (χ0) is 24.0. The summed E-state index contributed by atoms with van der Waals surface area (Å²) >= 11 is 0. The summed E-state index contributed by atoms with van der Waals surface area (Å²) < 4.78 is 5.51. The number of likely N-dealkylation sites (tertiary alicyclic amines) is 2. The van der Waals surface area contributed by atoms with Crippen LogP contribution in [0.4, 0.5) is 0 Å². The molecule has 7 nitrogen and oxygen atoms in total. The maximum atomic E-state index is 13.0. The third-order valence-electron chi connectivity index (χ3n) is 7.04. The van der Waals surface area contributed by atoms with Gasteiger partial charge in [-0.25, -0.2) is 0 Å². The van der Waals surface area contributed by atoms with Crippen molar-refractivity contribution in [3.8, 4) is 11.4 Å². The number of carbonyl (C=O) groups excluding carboxylic acids is 1. The SMILES string of the molecule is Cc1cccc(-c2noc(CN3CCCC(C(=O)NCc4cccc(CN5CCCC5)c4)C3)n2)c1. The van der Waals surface area contributed by atoms with Gasteiger partial charge in [-0.15, -0.1) is 0 Å². The first-order chi connectivity index (χ1) is 17.1. The third-order valence-corrected chi connectivity index (χ3v) is 7.04. The highest BCUT2D eigenvalue weighted by Gasteiger charge is 2.27. The molecular weight excluding hydrogens is 438 g/mol. The Morgan fingerprint density at radius 3 is 2.66 bits per heavy atom. The quantitative estimate of drug-likeness (QED) is 0.529. The lowest BCUT2D eigenvalue weighted by Gasteiger charge is -2.30. The maximum Gasteiger partial charge on any atom is 0.241 e. The van der Waals surface area contributed by atoms with Gasteiger partial charge in [0.1, 0.15) is 0 Å². The first kappa shape index (κ1) is 23.7. The number of hydrogen-bond acceptors (Lipinski definition) is 6. The number of piperidine rings is 1. The molecule has 1 unspecified atom stereocenters. The first-order valence-corrected chi connectivity index (χ1v) is 12.8. The van der Waals surface area contributed by atoms with E-state index in [1.165, 1.54) is 31.5 Å². The molecule has 1 aromatic heterocycles. The van der Waals surface area contributed by atoms with E-state index in [-0.39, 0.29) is 11.8 Å². The first-order valence-electron chi connectivity index (χ1n) is 12.8. The Labute approximate surface area is 207 Å². The number of carbonyl (C=O) groups is 1. The Balaban J connectivity index is 1.12. The van der Waals surface area contributed by atoms with Gasteiger partial charge in [0.25, 0.3) is 0 Å². The molecule has 0 bridgehead atoms. The molecular formula is C28H35N5O2. The fourth-order valence-electron chi connectivity index (χ4n) is 5.20. The highest BCUT2D eigenvalue weighted by Crippen LogP contribution is 2.21. The molecule has 2 fully saturated rings. The highest BCUT2D eigenvalue weighted by molar-refractivity contribution is 5.79. The Bertz CT molecular complexity index is 1140. The fraction of sp³-hybridized carbons (Fsp3) is 0.464. The fourth-order valence-corrected chi connectivity index (χ4v) is 5.20. The van der Waals surface area contributed by atoms with Crippen LogP contribution < -0.4 is 5.32 Å². The normalized spacial score (nSPS) is 19.2. The molecule has 0 aliphatic carbocycles. The highest BCUT2D eigenvalue weighted by atomic mass is 16.5. The van der Waals surface area contributed by atoms with E-state index in [9.17, 15) is 4.79 Å². The van der Waals surface area contributed by atoms with E-state index < -0.39 is 0 Å². The molecule has 2 aromatic carbocycles. The Morgan fingerprint density at radius 2 is 1.80 bits per heavy atom. The number of aromatic nitrogens is 2. The van der Waals surface area contributed by atoms with Crippen molar-refractivity contribution in [3.05, 3.63) is 71.1 Å². The van der Waals surface area contributed by atoms with Crippen LogP contribution in [-0.4, -0.2) is 52.0 Å². The number of nitrogens with zero attached hydrogens (tertiary/aromatic N) is 4. The summed E-state index contributed by atoms with van der Waals surface area (Å²) in [5.41, 5.74) is 4.61. The Morgan fingerprint density at radius 1 is 1.00 bits per heavy atom. The van der Waals surface area contributed by atoms with Gasteiger partial charge in [0.15, 0.2) is 0 Å². The molecule has 1 N–H and O–H groups in total.